The van der Waals surface area contributed by atoms with Crippen molar-refractivity contribution in [3.8, 4) is 0 Å². The van der Waals surface area contributed by atoms with Crippen LogP contribution in [0.4, 0.5) is 0 Å². The van der Waals surface area contributed by atoms with Gasteiger partial charge in [-0.2, -0.15) is 0 Å². The summed E-state index contributed by atoms with van der Waals surface area (Å²) in [4.78, 5) is 27.5. The van der Waals surface area contributed by atoms with Crippen molar-refractivity contribution in [3.63, 3.8) is 0 Å². The van der Waals surface area contributed by atoms with Crippen molar-refractivity contribution in [1.29, 1.82) is 0 Å². The molecule has 0 saturated heterocycles. The first-order valence-corrected chi connectivity index (χ1v) is 8.75. The van der Waals surface area contributed by atoms with Gasteiger partial charge in [-0.05, 0) is 30.5 Å². The number of carbonyl (C=O) groups excluding carboxylic acids is 2. The molecule has 0 aliphatic rings. The number of amides is 2. The lowest BCUT2D eigenvalue weighted by molar-refractivity contribution is -0.131. The molecular formula is C19H22N2O2S. The van der Waals surface area contributed by atoms with E-state index in [1.807, 2.05) is 42.6 Å². The molecule has 2 amide bonds. The van der Waals surface area contributed by atoms with Gasteiger partial charge in [0.25, 0.3) is 5.91 Å². The van der Waals surface area contributed by atoms with Gasteiger partial charge in [-0.15, -0.1) is 17.9 Å². The van der Waals surface area contributed by atoms with Crippen LogP contribution in [0.15, 0.2) is 60.5 Å². The zero-order valence-electron chi connectivity index (χ0n) is 13.8. The van der Waals surface area contributed by atoms with Gasteiger partial charge in [0.2, 0.25) is 5.91 Å². The molecule has 2 rings (SSSR count). The fourth-order valence-corrected chi connectivity index (χ4v) is 3.06. The van der Waals surface area contributed by atoms with Crippen molar-refractivity contribution in [2.45, 2.75) is 25.9 Å². The van der Waals surface area contributed by atoms with Crippen molar-refractivity contribution in [2.24, 2.45) is 0 Å². The number of carbonyl (C=O) groups is 2. The minimum absolute atomic E-state index is 0.00385. The van der Waals surface area contributed by atoms with Crippen LogP contribution in [0.1, 0.15) is 28.6 Å². The van der Waals surface area contributed by atoms with E-state index in [0.717, 1.165) is 4.88 Å². The van der Waals surface area contributed by atoms with Crippen LogP contribution in [-0.2, 0) is 11.3 Å². The van der Waals surface area contributed by atoms with E-state index in [4.69, 9.17) is 0 Å². The molecule has 126 valence electrons. The largest absolute Gasteiger partial charge is 0.349 e. The normalized spacial score (nSPS) is 11.5. The van der Waals surface area contributed by atoms with E-state index >= 15 is 0 Å². The summed E-state index contributed by atoms with van der Waals surface area (Å²) in [5.74, 6) is -0.159. The van der Waals surface area contributed by atoms with Gasteiger partial charge >= 0.3 is 0 Å². The van der Waals surface area contributed by atoms with Crippen molar-refractivity contribution in [3.05, 3.63) is 70.9 Å². The van der Waals surface area contributed by atoms with E-state index in [1.54, 1.807) is 34.4 Å². The molecule has 0 fully saturated rings. The first kappa shape index (κ1) is 17.9. The Labute approximate surface area is 146 Å². The third-order valence-electron chi connectivity index (χ3n) is 3.52. The van der Waals surface area contributed by atoms with Gasteiger partial charge in [0, 0.05) is 29.4 Å². The number of hydrogen-bond acceptors (Lipinski definition) is 3. The highest BCUT2D eigenvalue weighted by Gasteiger charge is 2.18. The number of hydrogen-bond donors (Lipinski definition) is 1. The second-order valence-corrected chi connectivity index (χ2v) is 6.62. The van der Waals surface area contributed by atoms with Gasteiger partial charge in [0.15, 0.2) is 0 Å². The monoisotopic (exact) mass is 342 g/mol. The Morgan fingerprint density at radius 3 is 2.62 bits per heavy atom. The molecule has 4 nitrogen and oxygen atoms in total. The summed E-state index contributed by atoms with van der Waals surface area (Å²) in [6, 6.07) is 12.8. The lowest BCUT2D eigenvalue weighted by Gasteiger charge is -2.23. The highest BCUT2D eigenvalue weighted by Crippen LogP contribution is 2.13. The molecule has 5 heteroatoms. The molecule has 0 aliphatic heterocycles. The van der Waals surface area contributed by atoms with Gasteiger partial charge < -0.3 is 10.2 Å². The Bertz CT molecular complexity index is 668. The maximum absolute atomic E-state index is 12.5. The first-order chi connectivity index (χ1) is 11.6. The average Bonchev–Trinajstić information content (AvgIpc) is 3.08. The Kier molecular flexibility index (Phi) is 6.75. The SMILES string of the molecule is C=CCN(Cc1cccs1)C(=O)CC(C)NC(=O)c1ccccc1. The number of rotatable bonds is 8. The van der Waals surface area contributed by atoms with Crippen molar-refractivity contribution in [1.82, 2.24) is 10.2 Å². The number of nitrogens with zero attached hydrogens (tertiary/aromatic N) is 1. The molecule has 0 radical (unpaired) electrons. The van der Waals surface area contributed by atoms with Crippen LogP contribution in [0, 0.1) is 0 Å². The average molecular weight is 342 g/mol. The van der Waals surface area contributed by atoms with E-state index in [9.17, 15) is 9.59 Å². The molecule has 1 atom stereocenters. The first-order valence-electron chi connectivity index (χ1n) is 7.87. The molecule has 1 unspecified atom stereocenters. The zero-order chi connectivity index (χ0) is 17.4. The minimum Gasteiger partial charge on any atom is -0.349 e. The smallest absolute Gasteiger partial charge is 0.251 e. The van der Waals surface area contributed by atoms with Crippen LogP contribution in [0.5, 0.6) is 0 Å². The van der Waals surface area contributed by atoms with E-state index in [-0.39, 0.29) is 24.3 Å². The fraction of sp³-hybridized carbons (Fsp3) is 0.263. The summed E-state index contributed by atoms with van der Waals surface area (Å²) in [7, 11) is 0. The molecule has 1 N–H and O–H groups in total. The van der Waals surface area contributed by atoms with Gasteiger partial charge in [-0.25, -0.2) is 0 Å². The summed E-state index contributed by atoms with van der Waals surface area (Å²) in [5.41, 5.74) is 0.596. The van der Waals surface area contributed by atoms with Gasteiger partial charge in [0.1, 0.15) is 0 Å². The zero-order valence-corrected chi connectivity index (χ0v) is 14.6. The van der Waals surface area contributed by atoms with Crippen molar-refractivity contribution in [2.75, 3.05) is 6.54 Å². The molecule has 1 heterocycles. The third-order valence-corrected chi connectivity index (χ3v) is 4.38. The minimum atomic E-state index is -0.235. The van der Waals surface area contributed by atoms with Crippen molar-refractivity contribution < 1.29 is 9.59 Å². The van der Waals surface area contributed by atoms with Crippen LogP contribution >= 0.6 is 11.3 Å². The molecule has 0 bridgehead atoms. The Morgan fingerprint density at radius 2 is 2.00 bits per heavy atom. The van der Waals surface area contributed by atoms with Crippen LogP contribution in [0.2, 0.25) is 0 Å². The molecule has 2 aromatic rings. The maximum atomic E-state index is 12.5. The van der Waals surface area contributed by atoms with Crippen LogP contribution in [0.3, 0.4) is 0 Å². The van der Waals surface area contributed by atoms with Crippen LogP contribution in [-0.4, -0.2) is 29.3 Å². The second kappa shape index (κ2) is 9.03. The maximum Gasteiger partial charge on any atom is 0.251 e. The number of benzene rings is 1. The number of thiophene rings is 1. The third kappa shape index (κ3) is 5.35. The summed E-state index contributed by atoms with van der Waals surface area (Å²) in [6.45, 7) is 6.63. The molecule has 1 aromatic carbocycles. The van der Waals surface area contributed by atoms with Crippen LogP contribution < -0.4 is 5.32 Å². The molecule has 1 aromatic heterocycles. The molecule has 0 aliphatic carbocycles. The van der Waals surface area contributed by atoms with Gasteiger partial charge in [-0.3, -0.25) is 9.59 Å². The fourth-order valence-electron chi connectivity index (χ4n) is 2.34. The number of nitrogens with one attached hydrogen (secondary N) is 1. The highest BCUT2D eigenvalue weighted by atomic mass is 32.1. The quantitative estimate of drug-likeness (QED) is 0.747. The lowest BCUT2D eigenvalue weighted by Crippen LogP contribution is -2.39. The van der Waals surface area contributed by atoms with E-state index in [0.29, 0.717) is 18.7 Å². The van der Waals surface area contributed by atoms with Gasteiger partial charge in [-0.1, -0.05) is 30.3 Å². The Morgan fingerprint density at radius 1 is 1.25 bits per heavy atom. The van der Waals surface area contributed by atoms with Crippen LogP contribution in [0.25, 0.3) is 0 Å². The van der Waals surface area contributed by atoms with Gasteiger partial charge in [0.05, 0.1) is 6.54 Å². The Balaban J connectivity index is 1.90. The van der Waals surface area contributed by atoms with Crippen molar-refractivity contribution >= 4 is 23.2 Å². The Hall–Kier alpha value is -2.40. The summed E-state index contributed by atoms with van der Waals surface area (Å²) >= 11 is 1.62. The topological polar surface area (TPSA) is 49.4 Å². The highest BCUT2D eigenvalue weighted by molar-refractivity contribution is 7.09. The summed E-state index contributed by atoms with van der Waals surface area (Å²) in [6.07, 6.45) is 1.98. The molecule has 24 heavy (non-hydrogen) atoms. The predicted octanol–water partition coefficient (Wildman–Crippen LogP) is 3.47. The summed E-state index contributed by atoms with van der Waals surface area (Å²) in [5, 5.41) is 4.87. The standard InChI is InChI=1S/C19H22N2O2S/c1-3-11-21(14-17-10-7-12-24-17)18(22)13-15(2)20-19(23)16-8-5-4-6-9-16/h3-10,12,15H,1,11,13-14H2,2H3,(H,20,23). The van der Waals surface area contributed by atoms with E-state index in [1.165, 1.54) is 0 Å². The predicted molar refractivity (Wildman–Crippen MR) is 97.9 cm³/mol. The molecule has 0 spiro atoms. The lowest BCUT2D eigenvalue weighted by atomic mass is 10.1. The van der Waals surface area contributed by atoms with E-state index < -0.39 is 0 Å². The van der Waals surface area contributed by atoms with E-state index in [2.05, 4.69) is 11.9 Å². The second-order valence-electron chi connectivity index (χ2n) is 5.59. The summed E-state index contributed by atoms with van der Waals surface area (Å²) < 4.78 is 0. The molecule has 0 saturated carbocycles. The molecular weight excluding hydrogens is 320 g/mol.